The van der Waals surface area contributed by atoms with Crippen LogP contribution < -0.4 is 16.4 Å². The predicted molar refractivity (Wildman–Crippen MR) is 81.9 cm³/mol. The highest BCUT2D eigenvalue weighted by molar-refractivity contribution is 6.30. The minimum Gasteiger partial charge on any atom is -0.355 e. The number of hydrogen-bond donors (Lipinski definition) is 3. The van der Waals surface area contributed by atoms with Gasteiger partial charge >= 0.3 is 0 Å². The molecule has 1 rings (SSSR count). The molecule has 0 heterocycles. The Balaban J connectivity index is 0.00000361. The lowest BCUT2D eigenvalue weighted by molar-refractivity contribution is -0.122. The zero-order chi connectivity index (χ0) is 14.3. The molecule has 0 aliphatic rings. The van der Waals surface area contributed by atoms with E-state index in [1.165, 1.54) is 6.92 Å². The summed E-state index contributed by atoms with van der Waals surface area (Å²) in [6.07, 6.45) is 0.168. The van der Waals surface area contributed by atoms with Crippen LogP contribution in [-0.4, -0.2) is 24.9 Å². The van der Waals surface area contributed by atoms with Crippen molar-refractivity contribution in [3.63, 3.8) is 0 Å². The van der Waals surface area contributed by atoms with Crippen molar-refractivity contribution in [3.8, 4) is 0 Å². The van der Waals surface area contributed by atoms with Crippen molar-refractivity contribution in [3.05, 3.63) is 34.9 Å². The molecule has 0 aliphatic carbocycles. The molecular weight excluding hydrogens is 301 g/mol. The molecule has 0 spiro atoms. The molecule has 5 nitrogen and oxygen atoms in total. The van der Waals surface area contributed by atoms with Crippen LogP contribution in [0.2, 0.25) is 5.02 Å². The number of nitrogens with one attached hydrogen (secondary N) is 2. The Labute approximate surface area is 129 Å². The number of hydrogen-bond acceptors (Lipinski definition) is 3. The van der Waals surface area contributed by atoms with Gasteiger partial charge in [0.05, 0.1) is 12.5 Å². The van der Waals surface area contributed by atoms with Gasteiger partial charge in [-0.25, -0.2) is 0 Å². The summed E-state index contributed by atoms with van der Waals surface area (Å²) in [5.74, 6) is -0.342. The smallest absolute Gasteiger partial charge is 0.222 e. The molecule has 1 atom stereocenters. The van der Waals surface area contributed by atoms with Gasteiger partial charge in [-0.1, -0.05) is 23.7 Å². The second kappa shape index (κ2) is 9.58. The van der Waals surface area contributed by atoms with Crippen molar-refractivity contribution in [2.45, 2.75) is 19.4 Å². The minimum absolute atomic E-state index is 0. The highest BCUT2D eigenvalue weighted by Crippen LogP contribution is 2.19. The van der Waals surface area contributed by atoms with E-state index >= 15 is 0 Å². The van der Waals surface area contributed by atoms with E-state index < -0.39 is 0 Å². The molecule has 0 bridgehead atoms. The van der Waals surface area contributed by atoms with Crippen LogP contribution in [0.25, 0.3) is 0 Å². The van der Waals surface area contributed by atoms with Crippen LogP contribution >= 0.6 is 24.0 Å². The second-order valence-electron chi connectivity index (χ2n) is 4.15. The van der Waals surface area contributed by atoms with Gasteiger partial charge in [-0.05, 0) is 17.7 Å². The normalized spacial score (nSPS) is 11.2. The van der Waals surface area contributed by atoms with Gasteiger partial charge in [0.2, 0.25) is 11.8 Å². The molecular formula is C13H19Cl2N3O2. The summed E-state index contributed by atoms with van der Waals surface area (Å²) in [5.41, 5.74) is 6.15. The zero-order valence-electron chi connectivity index (χ0n) is 11.2. The fourth-order valence-electron chi connectivity index (χ4n) is 1.66. The lowest BCUT2D eigenvalue weighted by atomic mass is 10.0. The van der Waals surface area contributed by atoms with Gasteiger partial charge in [-0.3, -0.25) is 9.59 Å². The number of nitrogens with two attached hydrogens (primary N) is 1. The van der Waals surface area contributed by atoms with Gasteiger partial charge in [-0.2, -0.15) is 0 Å². The predicted octanol–water partition coefficient (Wildman–Crippen LogP) is 1.40. The summed E-state index contributed by atoms with van der Waals surface area (Å²) < 4.78 is 0. The van der Waals surface area contributed by atoms with Crippen molar-refractivity contribution < 1.29 is 9.59 Å². The van der Waals surface area contributed by atoms with Gasteiger partial charge < -0.3 is 16.4 Å². The van der Waals surface area contributed by atoms with E-state index in [9.17, 15) is 9.59 Å². The molecule has 112 valence electrons. The Kier molecular flexibility index (Phi) is 8.96. The minimum atomic E-state index is -0.368. The van der Waals surface area contributed by atoms with Crippen LogP contribution in [0, 0.1) is 0 Å². The van der Waals surface area contributed by atoms with Gasteiger partial charge in [0.1, 0.15) is 0 Å². The summed E-state index contributed by atoms with van der Waals surface area (Å²) in [7, 11) is 0. The summed E-state index contributed by atoms with van der Waals surface area (Å²) in [6, 6.07) is 6.67. The summed E-state index contributed by atoms with van der Waals surface area (Å²) in [4.78, 5) is 22.9. The average molecular weight is 320 g/mol. The van der Waals surface area contributed by atoms with Gasteiger partial charge in [0.15, 0.2) is 0 Å². The number of halogens is 2. The van der Waals surface area contributed by atoms with E-state index in [0.29, 0.717) is 18.1 Å². The largest absolute Gasteiger partial charge is 0.355 e. The van der Waals surface area contributed by atoms with Crippen molar-refractivity contribution in [2.24, 2.45) is 5.73 Å². The van der Waals surface area contributed by atoms with Crippen molar-refractivity contribution in [2.75, 3.05) is 13.1 Å². The molecule has 0 radical (unpaired) electrons. The highest BCUT2D eigenvalue weighted by Gasteiger charge is 2.16. The van der Waals surface area contributed by atoms with Gasteiger partial charge in [0.25, 0.3) is 0 Å². The lowest BCUT2D eigenvalue weighted by Crippen LogP contribution is -2.34. The Morgan fingerprint density at radius 2 is 1.90 bits per heavy atom. The molecule has 20 heavy (non-hydrogen) atoms. The summed E-state index contributed by atoms with van der Waals surface area (Å²) >= 11 is 5.82. The first kappa shape index (κ1) is 18.7. The first-order valence-corrected chi connectivity index (χ1v) is 6.40. The Hall–Kier alpha value is -1.30. The first-order chi connectivity index (χ1) is 9.02. The SMILES string of the molecule is CC(=O)NC(CC(=O)NCCN)c1ccc(Cl)cc1.Cl. The molecule has 7 heteroatoms. The molecule has 0 saturated heterocycles. The standard InChI is InChI=1S/C13H18ClN3O2.ClH/c1-9(18)17-12(8-13(19)16-7-6-15)10-2-4-11(14)5-3-10;/h2-5,12H,6-8,15H2,1H3,(H,16,19)(H,17,18);1H. The van der Waals surface area contributed by atoms with Gasteiger partial charge in [0, 0.05) is 25.0 Å². The third-order valence-electron chi connectivity index (χ3n) is 2.51. The Morgan fingerprint density at radius 1 is 1.30 bits per heavy atom. The maximum Gasteiger partial charge on any atom is 0.222 e. The number of carbonyl (C=O) groups excluding carboxylic acids is 2. The number of benzene rings is 1. The summed E-state index contributed by atoms with van der Waals surface area (Å²) in [6.45, 7) is 2.23. The number of carbonyl (C=O) groups is 2. The lowest BCUT2D eigenvalue weighted by Gasteiger charge is -2.18. The van der Waals surface area contributed by atoms with Crippen LogP contribution in [0.5, 0.6) is 0 Å². The second-order valence-corrected chi connectivity index (χ2v) is 4.58. The van der Waals surface area contributed by atoms with E-state index in [1.807, 2.05) is 0 Å². The molecule has 0 aliphatic heterocycles. The molecule has 4 N–H and O–H groups in total. The number of amides is 2. The molecule has 1 aromatic carbocycles. The highest BCUT2D eigenvalue weighted by atomic mass is 35.5. The van der Waals surface area contributed by atoms with Crippen LogP contribution in [0.3, 0.4) is 0 Å². The zero-order valence-corrected chi connectivity index (χ0v) is 12.8. The molecule has 1 aromatic rings. The molecule has 0 aromatic heterocycles. The van der Waals surface area contributed by atoms with Crippen molar-refractivity contribution in [1.29, 1.82) is 0 Å². The monoisotopic (exact) mass is 319 g/mol. The van der Waals surface area contributed by atoms with E-state index in [-0.39, 0.29) is 36.7 Å². The van der Waals surface area contributed by atoms with Crippen LogP contribution in [-0.2, 0) is 9.59 Å². The topological polar surface area (TPSA) is 84.2 Å². The molecule has 2 amide bonds. The van der Waals surface area contributed by atoms with Crippen LogP contribution in [0.4, 0.5) is 0 Å². The maximum absolute atomic E-state index is 11.7. The van der Waals surface area contributed by atoms with E-state index in [2.05, 4.69) is 10.6 Å². The van der Waals surface area contributed by atoms with E-state index in [0.717, 1.165) is 5.56 Å². The maximum atomic E-state index is 11.7. The first-order valence-electron chi connectivity index (χ1n) is 6.02. The molecule has 0 fully saturated rings. The fraction of sp³-hybridized carbons (Fsp3) is 0.385. The third-order valence-corrected chi connectivity index (χ3v) is 2.76. The van der Waals surface area contributed by atoms with E-state index in [4.69, 9.17) is 17.3 Å². The fourth-order valence-corrected chi connectivity index (χ4v) is 1.79. The molecule has 0 saturated carbocycles. The van der Waals surface area contributed by atoms with Gasteiger partial charge in [-0.15, -0.1) is 12.4 Å². The van der Waals surface area contributed by atoms with Crippen molar-refractivity contribution in [1.82, 2.24) is 10.6 Å². The molecule has 1 unspecified atom stereocenters. The average Bonchev–Trinajstić information content (AvgIpc) is 2.36. The van der Waals surface area contributed by atoms with Crippen LogP contribution in [0.15, 0.2) is 24.3 Å². The summed E-state index contributed by atoms with van der Waals surface area (Å²) in [5, 5.41) is 6.03. The van der Waals surface area contributed by atoms with Crippen LogP contribution in [0.1, 0.15) is 24.9 Å². The van der Waals surface area contributed by atoms with E-state index in [1.54, 1.807) is 24.3 Å². The number of rotatable bonds is 6. The van der Waals surface area contributed by atoms with Crippen molar-refractivity contribution >= 4 is 35.8 Å². The quantitative estimate of drug-likeness (QED) is 0.741. The third kappa shape index (κ3) is 6.75. The Bertz CT molecular complexity index is 438. The Morgan fingerprint density at radius 3 is 2.40 bits per heavy atom.